The zero-order valence-corrected chi connectivity index (χ0v) is 13.1. The van der Waals surface area contributed by atoms with Gasteiger partial charge in [0, 0.05) is 24.2 Å². The van der Waals surface area contributed by atoms with Crippen molar-refractivity contribution >= 4 is 11.3 Å². The van der Waals surface area contributed by atoms with E-state index < -0.39 is 6.10 Å². The lowest BCUT2D eigenvalue weighted by Gasteiger charge is -2.13. The van der Waals surface area contributed by atoms with E-state index in [-0.39, 0.29) is 0 Å². The summed E-state index contributed by atoms with van der Waals surface area (Å²) in [5.74, 6) is 0.522. The van der Waals surface area contributed by atoms with E-state index in [4.69, 9.17) is 0 Å². The Balaban J connectivity index is 1.83. The molecule has 0 spiro atoms. The first kappa shape index (κ1) is 15.2. The summed E-state index contributed by atoms with van der Waals surface area (Å²) in [7, 11) is 0. The minimum Gasteiger partial charge on any atom is -0.387 e. The van der Waals surface area contributed by atoms with Crippen molar-refractivity contribution in [1.82, 2.24) is 10.3 Å². The normalized spacial score (nSPS) is 12.8. The topological polar surface area (TPSA) is 45.2 Å². The van der Waals surface area contributed by atoms with Crippen LogP contribution in [0.5, 0.6) is 0 Å². The van der Waals surface area contributed by atoms with Gasteiger partial charge < -0.3 is 10.4 Å². The highest BCUT2D eigenvalue weighted by Gasteiger charge is 2.08. The number of rotatable bonds is 6. The Bertz CT molecular complexity index is 534. The van der Waals surface area contributed by atoms with E-state index in [0.29, 0.717) is 12.5 Å². The van der Waals surface area contributed by atoms with Gasteiger partial charge in [0.15, 0.2) is 0 Å². The van der Waals surface area contributed by atoms with Crippen molar-refractivity contribution < 1.29 is 5.11 Å². The number of aliphatic hydroxyl groups is 1. The molecule has 20 heavy (non-hydrogen) atoms. The summed E-state index contributed by atoms with van der Waals surface area (Å²) in [5, 5.41) is 14.5. The first-order valence-electron chi connectivity index (χ1n) is 6.96. The van der Waals surface area contributed by atoms with Gasteiger partial charge in [-0.3, -0.25) is 0 Å². The number of benzene rings is 1. The second kappa shape index (κ2) is 6.97. The van der Waals surface area contributed by atoms with Gasteiger partial charge in [0.05, 0.1) is 11.1 Å². The zero-order valence-electron chi connectivity index (χ0n) is 12.3. The number of thiazole rings is 1. The molecule has 108 valence electrons. The van der Waals surface area contributed by atoms with Crippen LogP contribution >= 0.6 is 11.3 Å². The van der Waals surface area contributed by atoms with Gasteiger partial charge in [0.2, 0.25) is 0 Å². The van der Waals surface area contributed by atoms with Crippen molar-refractivity contribution in [3.05, 3.63) is 51.5 Å². The summed E-state index contributed by atoms with van der Waals surface area (Å²) in [6.45, 7) is 7.65. The number of aryl methyl sites for hydroxylation is 1. The lowest BCUT2D eigenvalue weighted by atomic mass is 10.00. The van der Waals surface area contributed by atoms with Crippen molar-refractivity contribution in [1.29, 1.82) is 0 Å². The van der Waals surface area contributed by atoms with Crippen molar-refractivity contribution in [3.8, 4) is 0 Å². The highest BCUT2D eigenvalue weighted by Crippen LogP contribution is 2.18. The molecular formula is C16H22N2OS. The average molecular weight is 290 g/mol. The number of hydrogen-bond acceptors (Lipinski definition) is 4. The van der Waals surface area contributed by atoms with E-state index >= 15 is 0 Å². The quantitative estimate of drug-likeness (QED) is 0.857. The minimum atomic E-state index is -0.467. The van der Waals surface area contributed by atoms with Gasteiger partial charge >= 0.3 is 0 Å². The lowest BCUT2D eigenvalue weighted by molar-refractivity contribution is 0.174. The Hall–Kier alpha value is -1.23. The van der Waals surface area contributed by atoms with Crippen LogP contribution in [0.15, 0.2) is 30.5 Å². The smallest absolute Gasteiger partial charge is 0.0914 e. The third kappa shape index (κ3) is 4.13. The van der Waals surface area contributed by atoms with E-state index in [0.717, 1.165) is 17.1 Å². The molecule has 4 heteroatoms. The highest BCUT2D eigenvalue weighted by atomic mass is 32.1. The molecule has 0 aliphatic heterocycles. The maximum Gasteiger partial charge on any atom is 0.0914 e. The molecule has 0 aliphatic carbocycles. The molecule has 0 fully saturated rings. The predicted octanol–water partition coefficient (Wildman–Crippen LogP) is 3.40. The molecule has 1 aromatic heterocycles. The fourth-order valence-electron chi connectivity index (χ4n) is 2.04. The molecule has 2 N–H and O–H groups in total. The first-order chi connectivity index (χ1) is 9.56. The second-order valence-electron chi connectivity index (χ2n) is 5.31. The summed E-state index contributed by atoms with van der Waals surface area (Å²) in [4.78, 5) is 5.41. The maximum absolute atomic E-state index is 10.2. The van der Waals surface area contributed by atoms with Crippen LogP contribution in [0.25, 0.3) is 0 Å². The van der Waals surface area contributed by atoms with Gasteiger partial charge in [-0.05, 0) is 24.0 Å². The van der Waals surface area contributed by atoms with Crippen molar-refractivity contribution in [2.45, 2.75) is 39.3 Å². The minimum absolute atomic E-state index is 0.467. The van der Waals surface area contributed by atoms with Crippen molar-refractivity contribution in [2.75, 3.05) is 6.54 Å². The molecule has 0 aliphatic rings. The molecular weight excluding hydrogens is 268 g/mol. The summed E-state index contributed by atoms with van der Waals surface area (Å²) >= 11 is 1.69. The van der Waals surface area contributed by atoms with Crippen LogP contribution in [0.4, 0.5) is 0 Å². The van der Waals surface area contributed by atoms with Crippen LogP contribution in [0.2, 0.25) is 0 Å². The van der Waals surface area contributed by atoms with Crippen molar-refractivity contribution in [3.63, 3.8) is 0 Å². The Labute approximate surface area is 124 Å². The number of aliphatic hydroxyl groups excluding tert-OH is 1. The molecule has 0 radical (unpaired) electrons. The van der Waals surface area contributed by atoms with Gasteiger partial charge in [-0.25, -0.2) is 4.98 Å². The Morgan fingerprint density at radius 3 is 2.40 bits per heavy atom. The van der Waals surface area contributed by atoms with Crippen LogP contribution in [0, 0.1) is 6.92 Å². The second-order valence-corrected chi connectivity index (χ2v) is 6.63. The van der Waals surface area contributed by atoms with E-state index in [1.165, 1.54) is 10.4 Å². The lowest BCUT2D eigenvalue weighted by Crippen LogP contribution is -2.20. The van der Waals surface area contributed by atoms with E-state index in [1.807, 2.05) is 25.3 Å². The molecule has 1 atom stereocenters. The summed E-state index contributed by atoms with van der Waals surface area (Å²) < 4.78 is 0. The number of nitrogens with zero attached hydrogens (tertiary/aromatic N) is 1. The Morgan fingerprint density at radius 1 is 1.20 bits per heavy atom. The van der Waals surface area contributed by atoms with Gasteiger partial charge in [-0.15, -0.1) is 11.3 Å². The molecule has 0 bridgehead atoms. The third-order valence-corrected chi connectivity index (χ3v) is 4.21. The Morgan fingerprint density at radius 2 is 1.85 bits per heavy atom. The van der Waals surface area contributed by atoms with Gasteiger partial charge in [-0.1, -0.05) is 38.1 Å². The standard InChI is InChI=1S/C16H22N2OS/c1-11(2)13-4-6-14(7-5-13)16(19)10-17-8-15-9-18-12(3)20-15/h4-7,9,11,16-17,19H,8,10H2,1-3H3. The molecule has 0 amide bonds. The van der Waals surface area contributed by atoms with Gasteiger partial charge in [-0.2, -0.15) is 0 Å². The fraction of sp³-hybridized carbons (Fsp3) is 0.438. The van der Waals surface area contributed by atoms with E-state index in [2.05, 4.69) is 36.3 Å². The third-order valence-electron chi connectivity index (χ3n) is 3.29. The number of aromatic nitrogens is 1. The molecule has 2 aromatic rings. The van der Waals surface area contributed by atoms with Crippen molar-refractivity contribution in [2.24, 2.45) is 0 Å². The molecule has 3 nitrogen and oxygen atoms in total. The van der Waals surface area contributed by atoms with Gasteiger partial charge in [0.1, 0.15) is 0 Å². The number of hydrogen-bond donors (Lipinski definition) is 2. The largest absolute Gasteiger partial charge is 0.387 e. The van der Waals surface area contributed by atoms with E-state index in [1.54, 1.807) is 11.3 Å². The van der Waals surface area contributed by atoms with Crippen LogP contribution in [0.3, 0.4) is 0 Å². The predicted molar refractivity (Wildman–Crippen MR) is 84.0 cm³/mol. The number of nitrogens with one attached hydrogen (secondary N) is 1. The van der Waals surface area contributed by atoms with Crippen LogP contribution in [0.1, 0.15) is 46.9 Å². The van der Waals surface area contributed by atoms with Gasteiger partial charge in [0.25, 0.3) is 0 Å². The van der Waals surface area contributed by atoms with Crippen LogP contribution in [-0.4, -0.2) is 16.6 Å². The average Bonchev–Trinajstić information content (AvgIpc) is 2.84. The summed E-state index contributed by atoms with van der Waals surface area (Å²) in [5.41, 5.74) is 2.26. The highest BCUT2D eigenvalue weighted by molar-refractivity contribution is 7.11. The first-order valence-corrected chi connectivity index (χ1v) is 7.78. The monoisotopic (exact) mass is 290 g/mol. The van der Waals surface area contributed by atoms with Crippen LogP contribution in [-0.2, 0) is 6.54 Å². The molecule has 1 heterocycles. The SMILES string of the molecule is Cc1ncc(CNCC(O)c2ccc(C(C)C)cc2)s1. The molecule has 2 rings (SSSR count). The molecule has 1 unspecified atom stereocenters. The maximum atomic E-state index is 10.2. The molecule has 0 saturated heterocycles. The summed E-state index contributed by atoms with van der Waals surface area (Å²) in [6.07, 6.45) is 1.42. The fourth-order valence-corrected chi connectivity index (χ4v) is 2.80. The zero-order chi connectivity index (χ0) is 14.5. The van der Waals surface area contributed by atoms with E-state index in [9.17, 15) is 5.11 Å². The molecule has 1 aromatic carbocycles. The van der Waals surface area contributed by atoms with Crippen LogP contribution < -0.4 is 5.32 Å². The Kier molecular flexibility index (Phi) is 5.29. The summed E-state index contributed by atoms with van der Waals surface area (Å²) in [6, 6.07) is 8.21. The molecule has 0 saturated carbocycles.